The van der Waals surface area contributed by atoms with E-state index in [1.165, 1.54) is 6.33 Å². The Kier molecular flexibility index (Phi) is 9.07. The zero-order valence-corrected chi connectivity index (χ0v) is 20.3. The first-order valence-corrected chi connectivity index (χ1v) is 10.2. The number of nitrogens with one attached hydrogen (secondary N) is 3. The maximum absolute atomic E-state index is 12.8. The molecule has 8 nitrogen and oxygen atoms in total. The summed E-state index contributed by atoms with van der Waals surface area (Å²) in [6.07, 6.45) is 5.55. The molecule has 1 aliphatic rings. The summed E-state index contributed by atoms with van der Waals surface area (Å²) in [5, 5.41) is 13.5. The van der Waals surface area contributed by atoms with Crippen molar-refractivity contribution >= 4 is 35.8 Å². The van der Waals surface area contributed by atoms with Crippen molar-refractivity contribution in [3.05, 3.63) is 36.2 Å². The van der Waals surface area contributed by atoms with Crippen LogP contribution in [0, 0.1) is 5.41 Å². The van der Waals surface area contributed by atoms with E-state index < -0.39 is 0 Å². The number of H-pyrrole nitrogens is 1. The van der Waals surface area contributed by atoms with Crippen molar-refractivity contribution in [3.63, 3.8) is 0 Å². The predicted molar refractivity (Wildman–Crippen MR) is 130 cm³/mol. The molecule has 1 heterocycles. The van der Waals surface area contributed by atoms with Crippen molar-refractivity contribution in [2.24, 2.45) is 10.4 Å². The molecule has 0 aliphatic heterocycles. The lowest BCUT2D eigenvalue weighted by atomic mass is 9.84. The molecule has 0 unspecified atom stereocenters. The molecular formula is C21H32IN7O. The number of hydrogen-bond donors (Lipinski definition) is 3. The summed E-state index contributed by atoms with van der Waals surface area (Å²) in [7, 11) is 3.67. The molecule has 3 rings (SSSR count). The Bertz CT molecular complexity index is 830. The number of aromatic nitrogens is 3. The Balaban J connectivity index is 0.00000320. The molecule has 1 aromatic carbocycles. The van der Waals surface area contributed by atoms with E-state index in [-0.39, 0.29) is 35.3 Å². The Morgan fingerprint density at radius 3 is 2.67 bits per heavy atom. The van der Waals surface area contributed by atoms with Crippen molar-refractivity contribution in [3.8, 4) is 11.4 Å². The highest BCUT2D eigenvalue weighted by Gasteiger charge is 2.42. The topological polar surface area (TPSA) is 98.3 Å². The zero-order valence-electron chi connectivity index (χ0n) is 17.9. The lowest BCUT2D eigenvalue weighted by Gasteiger charge is -2.31. The molecule has 0 bridgehead atoms. The van der Waals surface area contributed by atoms with Gasteiger partial charge in [0.05, 0.1) is 12.0 Å². The number of carbonyl (C=O) groups excluding carboxylic acids is 1. The van der Waals surface area contributed by atoms with Crippen LogP contribution in [0.4, 0.5) is 0 Å². The first kappa shape index (κ1) is 24.1. The van der Waals surface area contributed by atoms with Gasteiger partial charge in [-0.25, -0.2) is 9.98 Å². The SMILES string of the molecule is CCNC(=NCc1cccc(-c2ncn[nH]2)c1)NCC1(C(=O)N(C)C)CCCC1.I. The minimum absolute atomic E-state index is 0. The van der Waals surface area contributed by atoms with E-state index in [2.05, 4.69) is 31.9 Å². The van der Waals surface area contributed by atoms with E-state index in [1.807, 2.05) is 39.2 Å². The van der Waals surface area contributed by atoms with Crippen LogP contribution in [-0.2, 0) is 11.3 Å². The maximum Gasteiger partial charge on any atom is 0.230 e. The van der Waals surface area contributed by atoms with Crippen LogP contribution < -0.4 is 10.6 Å². The average Bonchev–Trinajstić information content (AvgIpc) is 3.42. The van der Waals surface area contributed by atoms with Gasteiger partial charge in [-0.2, -0.15) is 5.10 Å². The molecule has 1 fully saturated rings. The minimum Gasteiger partial charge on any atom is -0.357 e. The normalized spacial score (nSPS) is 15.4. The summed E-state index contributed by atoms with van der Waals surface area (Å²) in [5.74, 6) is 1.68. The average molecular weight is 525 g/mol. The number of rotatable bonds is 7. The number of aliphatic imine (C=N–C) groups is 1. The van der Waals surface area contributed by atoms with Gasteiger partial charge in [0.1, 0.15) is 6.33 Å². The molecule has 1 aliphatic carbocycles. The third kappa shape index (κ3) is 5.93. The van der Waals surface area contributed by atoms with Crippen molar-refractivity contribution in [2.75, 3.05) is 27.2 Å². The number of amides is 1. The maximum atomic E-state index is 12.8. The van der Waals surface area contributed by atoms with E-state index in [1.54, 1.807) is 4.90 Å². The molecule has 1 amide bonds. The molecular weight excluding hydrogens is 493 g/mol. The minimum atomic E-state index is -0.327. The molecule has 0 spiro atoms. The Morgan fingerprint density at radius 2 is 2.03 bits per heavy atom. The van der Waals surface area contributed by atoms with Gasteiger partial charge in [-0.05, 0) is 31.4 Å². The zero-order chi connectivity index (χ0) is 20.7. The van der Waals surface area contributed by atoms with Gasteiger partial charge in [-0.15, -0.1) is 24.0 Å². The molecule has 0 radical (unpaired) electrons. The molecule has 9 heteroatoms. The van der Waals surface area contributed by atoms with E-state index in [9.17, 15) is 4.79 Å². The number of halogens is 1. The fourth-order valence-corrected chi connectivity index (χ4v) is 3.92. The third-order valence-corrected chi connectivity index (χ3v) is 5.39. The third-order valence-electron chi connectivity index (χ3n) is 5.39. The van der Waals surface area contributed by atoms with Crippen LogP contribution in [0.5, 0.6) is 0 Å². The molecule has 1 aromatic heterocycles. The number of guanidine groups is 1. The number of benzene rings is 1. The van der Waals surface area contributed by atoms with Crippen LogP contribution in [0.2, 0.25) is 0 Å². The lowest BCUT2D eigenvalue weighted by molar-refractivity contribution is -0.138. The highest BCUT2D eigenvalue weighted by molar-refractivity contribution is 14.0. The summed E-state index contributed by atoms with van der Waals surface area (Å²) in [5.41, 5.74) is 1.73. The standard InChI is InChI=1S/C21H31N7O.HI/c1-4-22-20(24-14-21(10-5-6-11-21)19(29)28(2)3)23-13-16-8-7-9-17(12-16)18-25-15-26-27-18;/h7-9,12,15H,4-6,10-11,13-14H2,1-3H3,(H2,22,23,24)(H,25,26,27);1H. The summed E-state index contributed by atoms with van der Waals surface area (Å²) in [4.78, 5) is 23.4. The second kappa shape index (κ2) is 11.3. The molecule has 30 heavy (non-hydrogen) atoms. The highest BCUT2D eigenvalue weighted by Crippen LogP contribution is 2.38. The summed E-state index contributed by atoms with van der Waals surface area (Å²) in [6, 6.07) is 8.09. The molecule has 1 saturated carbocycles. The summed E-state index contributed by atoms with van der Waals surface area (Å²) < 4.78 is 0. The first-order chi connectivity index (χ1) is 14.0. The van der Waals surface area contributed by atoms with Gasteiger partial charge in [0.2, 0.25) is 5.91 Å². The summed E-state index contributed by atoms with van der Waals surface area (Å²) in [6.45, 7) is 3.94. The quantitative estimate of drug-likeness (QED) is 0.294. The van der Waals surface area contributed by atoms with E-state index in [0.29, 0.717) is 13.1 Å². The number of carbonyl (C=O) groups is 1. The van der Waals surface area contributed by atoms with Crippen LogP contribution in [-0.4, -0.2) is 59.1 Å². The van der Waals surface area contributed by atoms with Crippen LogP contribution >= 0.6 is 24.0 Å². The van der Waals surface area contributed by atoms with E-state index in [0.717, 1.165) is 55.1 Å². The number of nitrogens with zero attached hydrogens (tertiary/aromatic N) is 4. The van der Waals surface area contributed by atoms with Crippen molar-refractivity contribution in [2.45, 2.75) is 39.2 Å². The second-order valence-corrected chi connectivity index (χ2v) is 7.77. The number of aromatic amines is 1. The first-order valence-electron chi connectivity index (χ1n) is 10.2. The second-order valence-electron chi connectivity index (χ2n) is 7.77. The lowest BCUT2D eigenvalue weighted by Crippen LogP contribution is -2.49. The van der Waals surface area contributed by atoms with Crippen LogP contribution in [0.1, 0.15) is 38.2 Å². The van der Waals surface area contributed by atoms with E-state index >= 15 is 0 Å². The van der Waals surface area contributed by atoms with Gasteiger partial charge in [0, 0.05) is 32.7 Å². The highest BCUT2D eigenvalue weighted by atomic mass is 127. The van der Waals surface area contributed by atoms with Crippen molar-refractivity contribution < 1.29 is 4.79 Å². The fraction of sp³-hybridized carbons (Fsp3) is 0.524. The molecule has 0 saturated heterocycles. The Morgan fingerprint density at radius 1 is 1.27 bits per heavy atom. The van der Waals surface area contributed by atoms with Gasteiger partial charge < -0.3 is 15.5 Å². The van der Waals surface area contributed by atoms with E-state index in [4.69, 9.17) is 4.99 Å². The monoisotopic (exact) mass is 525 g/mol. The molecule has 164 valence electrons. The van der Waals surface area contributed by atoms with Crippen molar-refractivity contribution in [1.82, 2.24) is 30.7 Å². The number of hydrogen-bond acceptors (Lipinski definition) is 4. The Hall–Kier alpha value is -2.17. The molecule has 0 atom stereocenters. The molecule has 3 N–H and O–H groups in total. The van der Waals surface area contributed by atoms with Gasteiger partial charge in [0.15, 0.2) is 11.8 Å². The predicted octanol–water partition coefficient (Wildman–Crippen LogP) is 2.79. The van der Waals surface area contributed by atoms with Gasteiger partial charge in [-0.1, -0.05) is 31.0 Å². The van der Waals surface area contributed by atoms with Crippen molar-refractivity contribution in [1.29, 1.82) is 0 Å². The largest absolute Gasteiger partial charge is 0.357 e. The van der Waals surface area contributed by atoms with Crippen LogP contribution in [0.25, 0.3) is 11.4 Å². The molecule has 2 aromatic rings. The van der Waals surface area contributed by atoms with Gasteiger partial charge in [0.25, 0.3) is 0 Å². The summed E-state index contributed by atoms with van der Waals surface area (Å²) >= 11 is 0. The smallest absolute Gasteiger partial charge is 0.230 e. The van der Waals surface area contributed by atoms with Crippen LogP contribution in [0.15, 0.2) is 35.6 Å². The van der Waals surface area contributed by atoms with Gasteiger partial charge >= 0.3 is 0 Å². The van der Waals surface area contributed by atoms with Gasteiger partial charge in [-0.3, -0.25) is 9.89 Å². The fourth-order valence-electron chi connectivity index (χ4n) is 3.92. The Labute approximate surface area is 195 Å². The van der Waals surface area contributed by atoms with Crippen LogP contribution in [0.3, 0.4) is 0 Å².